The largest absolute Gasteiger partial charge is 0.462 e. The number of hydrogen-bond acceptors (Lipinski definition) is 9. The number of ether oxygens (including phenoxy) is 5. The number of esters is 1. The van der Waals surface area contributed by atoms with Crippen LogP contribution >= 0.6 is 0 Å². The Morgan fingerprint density at radius 1 is 1.00 bits per heavy atom. The second-order valence-electron chi connectivity index (χ2n) is 8.26. The van der Waals surface area contributed by atoms with Crippen LogP contribution in [0.1, 0.15) is 116 Å². The van der Waals surface area contributed by atoms with Gasteiger partial charge in [0.1, 0.15) is 12.2 Å². The molecule has 9 nitrogen and oxygen atoms in total. The summed E-state index contributed by atoms with van der Waals surface area (Å²) in [5, 5.41) is 12.5. The number of rotatable bonds is 12. The number of hydrogen-bond donors (Lipinski definition) is 3. The van der Waals surface area contributed by atoms with Crippen LogP contribution in [0.4, 0.5) is 0 Å². The average Bonchev–Trinajstić information content (AvgIpc) is 3.00. The molecule has 0 aromatic carbocycles. The highest BCUT2D eigenvalue weighted by atomic mass is 16.7. The van der Waals surface area contributed by atoms with Crippen molar-refractivity contribution in [2.45, 2.75) is 146 Å². The maximum Gasteiger partial charge on any atom is 0.311 e. The molecule has 254 valence electrons. The molecule has 0 aliphatic carbocycles. The third-order valence-corrected chi connectivity index (χ3v) is 4.78. The zero-order chi connectivity index (χ0) is 34.4. The van der Waals surface area contributed by atoms with Crippen molar-refractivity contribution in [3.05, 3.63) is 0 Å². The predicted molar refractivity (Wildman–Crippen MR) is 177 cm³/mol. The highest BCUT2D eigenvalue weighted by molar-refractivity contribution is 5.72. The molecule has 0 amide bonds. The molecule has 4 N–H and O–H groups in total. The normalized spacial score (nSPS) is 17.9. The van der Waals surface area contributed by atoms with E-state index in [-0.39, 0.29) is 24.6 Å². The summed E-state index contributed by atoms with van der Waals surface area (Å²) in [5.74, 6) is -0.692. The van der Waals surface area contributed by atoms with Crippen molar-refractivity contribution >= 4 is 5.97 Å². The van der Waals surface area contributed by atoms with Gasteiger partial charge in [0.15, 0.2) is 6.29 Å². The Bertz CT molecular complexity index is 470. The van der Waals surface area contributed by atoms with Gasteiger partial charge in [0.05, 0.1) is 18.8 Å². The van der Waals surface area contributed by atoms with Crippen LogP contribution in [0.5, 0.6) is 0 Å². The zero-order valence-corrected chi connectivity index (χ0v) is 30.3. The lowest BCUT2D eigenvalue weighted by Gasteiger charge is -2.42. The van der Waals surface area contributed by atoms with Gasteiger partial charge in [-0.05, 0) is 33.6 Å². The maximum atomic E-state index is 11.9. The van der Waals surface area contributed by atoms with E-state index in [1.54, 1.807) is 35.2 Å². The van der Waals surface area contributed by atoms with Gasteiger partial charge < -0.3 is 39.8 Å². The minimum absolute atomic E-state index is 0.147. The summed E-state index contributed by atoms with van der Waals surface area (Å²) in [4.78, 5) is 11.9. The van der Waals surface area contributed by atoms with Crippen LogP contribution in [0.2, 0.25) is 0 Å². The molecule has 2 unspecified atom stereocenters. The number of terminal acetylenes is 1. The fourth-order valence-corrected chi connectivity index (χ4v) is 2.78. The summed E-state index contributed by atoms with van der Waals surface area (Å²) in [6, 6.07) is 1.31. The van der Waals surface area contributed by atoms with Gasteiger partial charge in [-0.15, -0.1) is 12.8 Å². The van der Waals surface area contributed by atoms with Crippen molar-refractivity contribution in [3.63, 3.8) is 0 Å². The highest BCUT2D eigenvalue weighted by Crippen LogP contribution is 2.31. The van der Waals surface area contributed by atoms with E-state index in [0.717, 1.165) is 0 Å². The third-order valence-electron chi connectivity index (χ3n) is 4.78. The van der Waals surface area contributed by atoms with E-state index in [2.05, 4.69) is 50.6 Å². The number of carbonyl (C=O) groups is 1. The average molecular weight is 599 g/mol. The minimum atomic E-state index is -0.741. The van der Waals surface area contributed by atoms with Crippen molar-refractivity contribution in [2.24, 2.45) is 11.7 Å². The van der Waals surface area contributed by atoms with Crippen LogP contribution in [0.25, 0.3) is 0 Å². The standard InChI is InChI=1S/C13H24O6.C7H17N.C2H7NO.4C2H6.C2H2/c1-9(10(17-4)5-6-16-3)12(15)18-8-13(2)7-11(14)19-13;1-5-7(4)8-6(2)3;1-4-2-3;5*1-2/h9-11,14H,5-8H2,1-4H3;6-8H,5H2,1-4H3;2-3H2,1H3;4*1-2H3;1-2H/t9?,10-,11?,13-;7-;;;;;;/m01....../s1. The molecule has 1 aliphatic rings. The molecule has 5 atom stereocenters. The van der Waals surface area contributed by atoms with Gasteiger partial charge in [0.25, 0.3) is 0 Å². The molecule has 1 fully saturated rings. The van der Waals surface area contributed by atoms with E-state index in [9.17, 15) is 4.79 Å². The van der Waals surface area contributed by atoms with Crippen molar-refractivity contribution in [2.75, 3.05) is 41.3 Å². The molecule has 0 aromatic rings. The number of aliphatic hydroxyl groups excluding tert-OH is 1. The van der Waals surface area contributed by atoms with Crippen LogP contribution in [-0.2, 0) is 28.5 Å². The summed E-state index contributed by atoms with van der Waals surface area (Å²) >= 11 is 0. The Kier molecular flexibility index (Phi) is 62.1. The molecular weight excluding hydrogens is 524 g/mol. The fourth-order valence-electron chi connectivity index (χ4n) is 2.78. The Hall–Kier alpha value is -1.25. The number of methoxy groups -OCH3 is 3. The van der Waals surface area contributed by atoms with Gasteiger partial charge in [-0.1, -0.05) is 76.2 Å². The topological polar surface area (TPSA) is 122 Å². The first-order valence-corrected chi connectivity index (χ1v) is 15.3. The van der Waals surface area contributed by atoms with Crippen molar-refractivity contribution in [1.82, 2.24) is 5.32 Å². The first-order chi connectivity index (χ1) is 19.5. The summed E-state index contributed by atoms with van der Waals surface area (Å²) in [5.41, 5.74) is 4.24. The molecule has 1 rings (SSSR count). The number of nitrogens with two attached hydrogens (primary N) is 1. The predicted octanol–water partition coefficient (Wildman–Crippen LogP) is 6.40. The molecular formula is C32H74N2O7. The number of carbonyl (C=O) groups excluding carboxylic acids is 1. The third kappa shape index (κ3) is 40.9. The van der Waals surface area contributed by atoms with Gasteiger partial charge in [0.2, 0.25) is 0 Å². The summed E-state index contributed by atoms with van der Waals surface area (Å²) in [6.45, 7) is 29.3. The SMILES string of the molecule is C#C.CC.CC.CC.CC.CC[C@@H](C)NC(C)C.COCC[C@H](OC)C(C)C(=O)OC[C@]1(C)CC(O)O1.COCN. The molecule has 0 aromatic heterocycles. The lowest BCUT2D eigenvalue weighted by molar-refractivity contribution is -0.295. The minimum Gasteiger partial charge on any atom is -0.462 e. The molecule has 0 spiro atoms. The lowest BCUT2D eigenvalue weighted by Crippen LogP contribution is -2.52. The lowest BCUT2D eigenvalue weighted by atomic mass is 9.97. The van der Waals surface area contributed by atoms with E-state index in [4.69, 9.17) is 29.8 Å². The first-order valence-electron chi connectivity index (χ1n) is 15.3. The van der Waals surface area contributed by atoms with E-state index < -0.39 is 11.9 Å². The molecule has 0 bridgehead atoms. The van der Waals surface area contributed by atoms with Crippen LogP contribution in [0.3, 0.4) is 0 Å². The maximum absolute atomic E-state index is 11.9. The van der Waals surface area contributed by atoms with Gasteiger partial charge in [-0.25, -0.2) is 0 Å². The quantitative estimate of drug-likeness (QED) is 0.133. The Morgan fingerprint density at radius 3 is 1.66 bits per heavy atom. The molecule has 9 heteroatoms. The van der Waals surface area contributed by atoms with E-state index >= 15 is 0 Å². The van der Waals surface area contributed by atoms with Crippen LogP contribution in [0.15, 0.2) is 0 Å². The van der Waals surface area contributed by atoms with Gasteiger partial charge in [0, 0.05) is 46.4 Å². The monoisotopic (exact) mass is 599 g/mol. The van der Waals surface area contributed by atoms with E-state index in [1.807, 2.05) is 55.4 Å². The second kappa shape index (κ2) is 45.7. The van der Waals surface area contributed by atoms with Crippen LogP contribution in [0, 0.1) is 18.8 Å². The summed E-state index contributed by atoms with van der Waals surface area (Å²) in [6.07, 6.45) is 9.36. The van der Waals surface area contributed by atoms with Crippen molar-refractivity contribution < 1.29 is 33.6 Å². The molecule has 0 radical (unpaired) electrons. The highest BCUT2D eigenvalue weighted by Gasteiger charge is 2.42. The van der Waals surface area contributed by atoms with E-state index in [0.29, 0.717) is 38.3 Å². The van der Waals surface area contributed by atoms with Crippen molar-refractivity contribution in [3.8, 4) is 12.8 Å². The Labute approximate surface area is 256 Å². The molecule has 1 aliphatic heterocycles. The molecule has 0 saturated carbocycles. The van der Waals surface area contributed by atoms with Crippen LogP contribution < -0.4 is 11.1 Å². The fraction of sp³-hybridized carbons (Fsp3) is 0.906. The Balaban J connectivity index is -0.0000000874. The molecule has 1 saturated heterocycles. The van der Waals surface area contributed by atoms with Crippen LogP contribution in [-0.4, -0.2) is 82.4 Å². The van der Waals surface area contributed by atoms with Gasteiger partial charge >= 0.3 is 5.97 Å². The zero-order valence-electron chi connectivity index (χ0n) is 30.3. The number of nitrogens with one attached hydrogen (secondary N) is 1. The molecule has 1 heterocycles. The van der Waals surface area contributed by atoms with Gasteiger partial charge in [-0.2, -0.15) is 0 Å². The summed E-state index contributed by atoms with van der Waals surface area (Å²) < 4.78 is 24.9. The van der Waals surface area contributed by atoms with Crippen molar-refractivity contribution in [1.29, 1.82) is 0 Å². The van der Waals surface area contributed by atoms with E-state index in [1.165, 1.54) is 6.42 Å². The Morgan fingerprint density at radius 2 is 1.41 bits per heavy atom. The number of aliphatic hydroxyl groups is 1. The first kappa shape index (κ1) is 55.6. The second-order valence-corrected chi connectivity index (χ2v) is 8.26. The van der Waals surface area contributed by atoms with Gasteiger partial charge in [-0.3, -0.25) is 4.79 Å². The molecule has 41 heavy (non-hydrogen) atoms. The smallest absolute Gasteiger partial charge is 0.311 e. The summed E-state index contributed by atoms with van der Waals surface area (Å²) in [7, 11) is 4.73.